The van der Waals surface area contributed by atoms with Crippen LogP contribution >= 0.6 is 11.3 Å². The summed E-state index contributed by atoms with van der Waals surface area (Å²) in [6, 6.07) is 7.83. The minimum absolute atomic E-state index is 0.613. The van der Waals surface area contributed by atoms with E-state index in [-0.39, 0.29) is 0 Å². The molecule has 0 aliphatic heterocycles. The van der Waals surface area contributed by atoms with E-state index in [1.165, 1.54) is 0 Å². The normalized spacial score (nSPS) is 10.7. The molecular weight excluding hydrogens is 274 g/mol. The number of imidazole rings is 1. The molecule has 2 heterocycles. The Hall–Kier alpha value is -2.21. The van der Waals surface area contributed by atoms with Crippen LogP contribution in [0.1, 0.15) is 5.69 Å². The molecule has 0 saturated carbocycles. The van der Waals surface area contributed by atoms with Crippen LogP contribution < -0.4 is 14.8 Å². The largest absolute Gasteiger partial charge is 0.495 e. The van der Waals surface area contributed by atoms with Crippen LogP contribution in [0.25, 0.3) is 4.96 Å². The van der Waals surface area contributed by atoms with Gasteiger partial charge in [-0.2, -0.15) is 4.98 Å². The number of ether oxygens (including phenoxy) is 2. The number of methoxy groups -OCH3 is 2. The first-order valence-corrected chi connectivity index (χ1v) is 7.06. The molecule has 0 bridgehead atoms. The topological polar surface area (TPSA) is 47.8 Å². The van der Waals surface area contributed by atoms with E-state index < -0.39 is 0 Å². The Kier molecular flexibility index (Phi) is 3.47. The van der Waals surface area contributed by atoms with E-state index in [0.717, 1.165) is 22.1 Å². The zero-order chi connectivity index (χ0) is 13.9. The third-order valence-corrected chi connectivity index (χ3v) is 3.83. The zero-order valence-corrected chi connectivity index (χ0v) is 12.1. The van der Waals surface area contributed by atoms with E-state index in [1.807, 2.05) is 40.2 Å². The molecule has 0 radical (unpaired) electrons. The number of aromatic nitrogens is 2. The number of benzene rings is 1. The minimum Gasteiger partial charge on any atom is -0.495 e. The van der Waals surface area contributed by atoms with Crippen molar-refractivity contribution in [3.8, 4) is 11.6 Å². The molecule has 0 atom stereocenters. The van der Waals surface area contributed by atoms with Crippen molar-refractivity contribution in [2.75, 3.05) is 19.5 Å². The van der Waals surface area contributed by atoms with Crippen molar-refractivity contribution in [3.63, 3.8) is 0 Å². The van der Waals surface area contributed by atoms with Gasteiger partial charge in [-0.25, -0.2) is 0 Å². The van der Waals surface area contributed by atoms with Gasteiger partial charge in [-0.05, 0) is 12.1 Å². The van der Waals surface area contributed by atoms with E-state index in [1.54, 1.807) is 25.6 Å². The lowest BCUT2D eigenvalue weighted by Gasteiger charge is -2.11. The summed E-state index contributed by atoms with van der Waals surface area (Å²) in [5.41, 5.74) is 1.94. The third-order valence-electron chi connectivity index (χ3n) is 3.07. The van der Waals surface area contributed by atoms with Crippen LogP contribution in [0, 0.1) is 0 Å². The number of fused-ring (bicyclic) bond motifs is 1. The van der Waals surface area contributed by atoms with Gasteiger partial charge in [-0.15, -0.1) is 11.3 Å². The molecule has 104 valence electrons. The van der Waals surface area contributed by atoms with Crippen LogP contribution in [-0.4, -0.2) is 23.6 Å². The van der Waals surface area contributed by atoms with Crippen LogP contribution in [0.15, 0.2) is 35.8 Å². The van der Waals surface area contributed by atoms with Gasteiger partial charge in [0.2, 0.25) is 5.88 Å². The lowest BCUT2D eigenvalue weighted by molar-refractivity contribution is 0.395. The fourth-order valence-corrected chi connectivity index (χ4v) is 2.83. The van der Waals surface area contributed by atoms with Crippen LogP contribution in [0.3, 0.4) is 0 Å². The average Bonchev–Trinajstić information content (AvgIpc) is 3.06. The first-order valence-electron chi connectivity index (χ1n) is 6.18. The Bertz CT molecular complexity index is 720. The van der Waals surface area contributed by atoms with Crippen LogP contribution in [0.2, 0.25) is 0 Å². The Morgan fingerprint density at radius 2 is 2.10 bits per heavy atom. The van der Waals surface area contributed by atoms with Crippen LogP contribution in [0.5, 0.6) is 11.6 Å². The Morgan fingerprint density at radius 1 is 1.25 bits per heavy atom. The molecule has 2 aromatic heterocycles. The summed E-state index contributed by atoms with van der Waals surface area (Å²) in [5, 5.41) is 5.37. The molecule has 0 amide bonds. The molecule has 0 fully saturated rings. The van der Waals surface area contributed by atoms with Crippen LogP contribution in [-0.2, 0) is 6.54 Å². The molecular formula is C14H15N3O2S. The van der Waals surface area contributed by atoms with Crippen molar-refractivity contribution < 1.29 is 9.47 Å². The molecule has 5 nitrogen and oxygen atoms in total. The highest BCUT2D eigenvalue weighted by Gasteiger charge is 2.13. The molecule has 0 saturated heterocycles. The fraction of sp³-hybridized carbons (Fsp3) is 0.214. The van der Waals surface area contributed by atoms with Gasteiger partial charge in [0, 0.05) is 11.6 Å². The maximum absolute atomic E-state index is 5.34. The number of thiazole rings is 1. The average molecular weight is 289 g/mol. The van der Waals surface area contributed by atoms with E-state index in [4.69, 9.17) is 9.47 Å². The molecule has 0 unspecified atom stereocenters. The van der Waals surface area contributed by atoms with Crippen molar-refractivity contribution in [1.82, 2.24) is 9.38 Å². The lowest BCUT2D eigenvalue weighted by Crippen LogP contribution is -2.04. The fourth-order valence-electron chi connectivity index (χ4n) is 2.11. The molecule has 0 spiro atoms. The second-order valence-electron chi connectivity index (χ2n) is 4.18. The highest BCUT2D eigenvalue weighted by atomic mass is 32.1. The van der Waals surface area contributed by atoms with E-state index in [9.17, 15) is 0 Å². The van der Waals surface area contributed by atoms with Gasteiger partial charge < -0.3 is 14.8 Å². The molecule has 1 aromatic carbocycles. The van der Waals surface area contributed by atoms with Crippen LogP contribution in [0.4, 0.5) is 5.69 Å². The summed E-state index contributed by atoms with van der Waals surface area (Å²) in [7, 11) is 3.30. The van der Waals surface area contributed by atoms with Gasteiger partial charge >= 0.3 is 0 Å². The van der Waals surface area contributed by atoms with Gasteiger partial charge in [0.15, 0.2) is 4.96 Å². The number of nitrogens with one attached hydrogen (secondary N) is 1. The highest BCUT2D eigenvalue weighted by molar-refractivity contribution is 7.15. The second-order valence-corrected chi connectivity index (χ2v) is 5.05. The minimum atomic E-state index is 0.613. The van der Waals surface area contributed by atoms with E-state index >= 15 is 0 Å². The highest BCUT2D eigenvalue weighted by Crippen LogP contribution is 2.27. The van der Waals surface area contributed by atoms with Gasteiger partial charge in [-0.3, -0.25) is 4.40 Å². The second kappa shape index (κ2) is 5.42. The third kappa shape index (κ3) is 2.18. The number of hydrogen-bond acceptors (Lipinski definition) is 5. The van der Waals surface area contributed by atoms with Crippen molar-refractivity contribution in [1.29, 1.82) is 0 Å². The molecule has 20 heavy (non-hydrogen) atoms. The van der Waals surface area contributed by atoms with Crippen molar-refractivity contribution in [2.24, 2.45) is 0 Å². The SMILES string of the molecule is COc1ccccc1NCc1c(OC)nc2sccn12. The van der Waals surface area contributed by atoms with E-state index in [2.05, 4.69) is 10.3 Å². The molecule has 3 aromatic rings. The first-order chi connectivity index (χ1) is 9.83. The van der Waals surface area contributed by atoms with E-state index in [0.29, 0.717) is 12.4 Å². The van der Waals surface area contributed by atoms with Crippen molar-refractivity contribution >= 4 is 22.0 Å². The monoisotopic (exact) mass is 289 g/mol. The maximum atomic E-state index is 5.34. The lowest BCUT2D eigenvalue weighted by atomic mass is 10.3. The molecule has 0 aliphatic carbocycles. The zero-order valence-electron chi connectivity index (χ0n) is 11.3. The predicted molar refractivity (Wildman–Crippen MR) is 79.9 cm³/mol. The van der Waals surface area contributed by atoms with Crippen molar-refractivity contribution in [3.05, 3.63) is 41.5 Å². The smallest absolute Gasteiger partial charge is 0.238 e. The van der Waals surface area contributed by atoms with Gasteiger partial charge in [-0.1, -0.05) is 12.1 Å². The summed E-state index contributed by atoms with van der Waals surface area (Å²) in [6.07, 6.45) is 1.99. The molecule has 3 rings (SSSR count). The Balaban J connectivity index is 1.87. The first kappa shape index (κ1) is 12.8. The Morgan fingerprint density at radius 3 is 2.90 bits per heavy atom. The van der Waals surface area contributed by atoms with Crippen molar-refractivity contribution in [2.45, 2.75) is 6.54 Å². The van der Waals surface area contributed by atoms with Gasteiger partial charge in [0.05, 0.1) is 26.5 Å². The summed E-state index contributed by atoms with van der Waals surface area (Å²) in [5.74, 6) is 1.47. The molecule has 6 heteroatoms. The van der Waals surface area contributed by atoms with Gasteiger partial charge in [0.25, 0.3) is 0 Å². The number of anilines is 1. The number of hydrogen-bond donors (Lipinski definition) is 1. The standard InChI is InChI=1S/C14H15N3O2S/c1-18-12-6-4-3-5-10(12)15-9-11-13(19-2)16-14-17(11)7-8-20-14/h3-8,15H,9H2,1-2H3. The summed E-state index contributed by atoms with van der Waals surface area (Å²) in [4.78, 5) is 5.36. The predicted octanol–water partition coefficient (Wildman–Crippen LogP) is 3.03. The number of para-hydroxylation sites is 2. The number of nitrogens with zero attached hydrogens (tertiary/aromatic N) is 2. The molecule has 1 N–H and O–H groups in total. The Labute approximate surface area is 120 Å². The van der Waals surface area contributed by atoms with Gasteiger partial charge in [0.1, 0.15) is 11.4 Å². The number of rotatable bonds is 5. The summed E-state index contributed by atoms with van der Waals surface area (Å²) >= 11 is 1.59. The quantitative estimate of drug-likeness (QED) is 0.784. The molecule has 0 aliphatic rings. The summed E-state index contributed by atoms with van der Waals surface area (Å²) < 4.78 is 12.7. The maximum Gasteiger partial charge on any atom is 0.238 e. The summed E-state index contributed by atoms with van der Waals surface area (Å²) in [6.45, 7) is 0.613.